The number of benzene rings is 2. The first-order valence-corrected chi connectivity index (χ1v) is 7.87. The second kappa shape index (κ2) is 6.94. The van der Waals surface area contributed by atoms with Gasteiger partial charge in [0.25, 0.3) is 5.91 Å². The Morgan fingerprint density at radius 1 is 1.16 bits per heavy atom. The highest BCUT2D eigenvalue weighted by Gasteiger charge is 2.23. The van der Waals surface area contributed by atoms with E-state index in [9.17, 15) is 14.0 Å². The second-order valence-corrected chi connectivity index (χ2v) is 5.75. The van der Waals surface area contributed by atoms with Crippen LogP contribution in [0.1, 0.15) is 17.4 Å². The van der Waals surface area contributed by atoms with Crippen molar-refractivity contribution in [3.8, 4) is 0 Å². The number of H-pyrrole nitrogens is 1. The van der Waals surface area contributed by atoms with Gasteiger partial charge in [-0.15, -0.1) is 0 Å². The summed E-state index contributed by atoms with van der Waals surface area (Å²) in [5.41, 5.74) is 0.760. The van der Waals surface area contributed by atoms with Gasteiger partial charge in [0.15, 0.2) is 6.10 Å². The third kappa shape index (κ3) is 3.49. The number of fused-ring (bicyclic) bond motifs is 1. The molecule has 5 nitrogen and oxygen atoms in total. The SMILES string of the molecule is CC(OC(=O)c1[nH]c2ccccc2c1Cl)C(=O)Nc1ccccc1F. The van der Waals surface area contributed by atoms with Gasteiger partial charge in [-0.2, -0.15) is 0 Å². The molecule has 0 spiro atoms. The fourth-order valence-electron chi connectivity index (χ4n) is 2.32. The Kier molecular flexibility index (Phi) is 4.72. The van der Waals surface area contributed by atoms with Gasteiger partial charge in [-0.25, -0.2) is 9.18 Å². The van der Waals surface area contributed by atoms with E-state index < -0.39 is 23.8 Å². The molecule has 25 heavy (non-hydrogen) atoms. The number of halogens is 2. The van der Waals surface area contributed by atoms with E-state index in [1.165, 1.54) is 25.1 Å². The molecule has 7 heteroatoms. The largest absolute Gasteiger partial charge is 0.448 e. The molecule has 0 aliphatic heterocycles. The average molecular weight is 361 g/mol. The van der Waals surface area contributed by atoms with Gasteiger partial charge in [0.05, 0.1) is 10.7 Å². The Hall–Kier alpha value is -2.86. The van der Waals surface area contributed by atoms with Crippen molar-refractivity contribution in [2.75, 3.05) is 5.32 Å². The maximum absolute atomic E-state index is 13.6. The van der Waals surface area contributed by atoms with E-state index in [1.54, 1.807) is 30.3 Å². The first-order chi connectivity index (χ1) is 12.0. The normalized spacial score (nSPS) is 12.0. The molecule has 128 valence electrons. The van der Waals surface area contributed by atoms with Crippen molar-refractivity contribution in [3.05, 3.63) is 65.1 Å². The van der Waals surface area contributed by atoms with E-state index in [1.807, 2.05) is 0 Å². The number of aromatic amines is 1. The van der Waals surface area contributed by atoms with E-state index >= 15 is 0 Å². The predicted octanol–water partition coefficient (Wildman–Crippen LogP) is 4.14. The zero-order valence-corrected chi connectivity index (χ0v) is 13.9. The van der Waals surface area contributed by atoms with E-state index in [0.29, 0.717) is 10.9 Å². The minimum Gasteiger partial charge on any atom is -0.448 e. The molecule has 1 amide bonds. The van der Waals surface area contributed by atoms with Gasteiger partial charge >= 0.3 is 5.97 Å². The number of carbonyl (C=O) groups is 2. The van der Waals surface area contributed by atoms with Crippen LogP contribution >= 0.6 is 11.6 Å². The summed E-state index contributed by atoms with van der Waals surface area (Å²) >= 11 is 6.18. The van der Waals surface area contributed by atoms with Gasteiger partial charge in [-0.05, 0) is 25.1 Å². The highest BCUT2D eigenvalue weighted by Crippen LogP contribution is 2.27. The molecule has 0 fully saturated rings. The van der Waals surface area contributed by atoms with E-state index in [0.717, 1.165) is 0 Å². The summed E-state index contributed by atoms with van der Waals surface area (Å²) in [7, 11) is 0. The maximum Gasteiger partial charge on any atom is 0.357 e. The first kappa shape index (κ1) is 17.0. The number of nitrogens with one attached hydrogen (secondary N) is 2. The van der Waals surface area contributed by atoms with Crippen LogP contribution in [-0.2, 0) is 9.53 Å². The van der Waals surface area contributed by atoms with E-state index in [4.69, 9.17) is 16.3 Å². The quantitative estimate of drug-likeness (QED) is 0.687. The summed E-state index contributed by atoms with van der Waals surface area (Å²) in [6, 6.07) is 12.8. The predicted molar refractivity (Wildman–Crippen MR) is 93.2 cm³/mol. The monoisotopic (exact) mass is 360 g/mol. The number of amides is 1. The molecule has 3 aromatic rings. The lowest BCUT2D eigenvalue weighted by atomic mass is 10.2. The Morgan fingerprint density at radius 2 is 1.84 bits per heavy atom. The van der Waals surface area contributed by atoms with Crippen LogP contribution in [-0.4, -0.2) is 23.0 Å². The number of esters is 1. The van der Waals surface area contributed by atoms with Crippen molar-refractivity contribution in [2.45, 2.75) is 13.0 Å². The number of anilines is 1. The van der Waals surface area contributed by atoms with Crippen LogP contribution in [0.2, 0.25) is 5.02 Å². The van der Waals surface area contributed by atoms with Crippen molar-refractivity contribution in [1.82, 2.24) is 4.98 Å². The lowest BCUT2D eigenvalue weighted by Gasteiger charge is -2.13. The summed E-state index contributed by atoms with van der Waals surface area (Å²) in [4.78, 5) is 27.2. The lowest BCUT2D eigenvalue weighted by Crippen LogP contribution is -2.30. The van der Waals surface area contributed by atoms with Crippen LogP contribution in [0.3, 0.4) is 0 Å². The molecule has 0 aliphatic carbocycles. The Balaban J connectivity index is 1.72. The topological polar surface area (TPSA) is 71.2 Å². The molecule has 0 saturated heterocycles. The number of hydrogen-bond donors (Lipinski definition) is 2. The van der Waals surface area contributed by atoms with E-state index in [2.05, 4.69) is 10.3 Å². The standard InChI is InChI=1S/C18H14ClFN2O3/c1-10(17(23)22-14-9-5-3-7-12(14)20)25-18(24)16-15(19)11-6-2-4-8-13(11)21-16/h2-10,21H,1H3,(H,22,23). The van der Waals surface area contributed by atoms with Gasteiger partial charge < -0.3 is 15.0 Å². The van der Waals surface area contributed by atoms with Crippen LogP contribution in [0.15, 0.2) is 48.5 Å². The second-order valence-electron chi connectivity index (χ2n) is 5.38. The van der Waals surface area contributed by atoms with Crippen LogP contribution in [0.25, 0.3) is 10.9 Å². The molecule has 2 aromatic carbocycles. The van der Waals surface area contributed by atoms with Crippen LogP contribution in [0.4, 0.5) is 10.1 Å². The molecular formula is C18H14ClFN2O3. The van der Waals surface area contributed by atoms with Gasteiger partial charge in [0.1, 0.15) is 11.5 Å². The number of rotatable bonds is 4. The van der Waals surface area contributed by atoms with Crippen LogP contribution in [0.5, 0.6) is 0 Å². The molecule has 1 unspecified atom stereocenters. The Bertz CT molecular complexity index is 954. The fraction of sp³-hybridized carbons (Fsp3) is 0.111. The molecule has 0 bridgehead atoms. The number of hydrogen-bond acceptors (Lipinski definition) is 3. The zero-order chi connectivity index (χ0) is 18.0. The summed E-state index contributed by atoms with van der Waals surface area (Å²) in [6.45, 7) is 1.39. The van der Waals surface area contributed by atoms with Crippen molar-refractivity contribution < 1.29 is 18.7 Å². The average Bonchev–Trinajstić information content (AvgIpc) is 2.94. The molecule has 3 rings (SSSR count). The van der Waals surface area contributed by atoms with Gasteiger partial charge in [0, 0.05) is 10.9 Å². The van der Waals surface area contributed by atoms with Crippen molar-refractivity contribution in [2.24, 2.45) is 0 Å². The highest BCUT2D eigenvalue weighted by molar-refractivity contribution is 6.38. The maximum atomic E-state index is 13.6. The lowest BCUT2D eigenvalue weighted by molar-refractivity contribution is -0.123. The van der Waals surface area contributed by atoms with Gasteiger partial charge in [-0.1, -0.05) is 41.9 Å². The molecule has 0 radical (unpaired) electrons. The summed E-state index contributed by atoms with van der Waals surface area (Å²) in [5, 5.41) is 3.28. The minimum atomic E-state index is -1.13. The third-order valence-corrected chi connectivity index (χ3v) is 4.02. The Labute approximate surface area is 147 Å². The third-order valence-electron chi connectivity index (χ3n) is 3.63. The fourth-order valence-corrected chi connectivity index (χ4v) is 2.61. The molecule has 1 atom stereocenters. The van der Waals surface area contributed by atoms with Crippen molar-refractivity contribution in [3.63, 3.8) is 0 Å². The molecule has 0 aliphatic rings. The van der Waals surface area contributed by atoms with Crippen molar-refractivity contribution in [1.29, 1.82) is 0 Å². The smallest absolute Gasteiger partial charge is 0.357 e. The molecule has 2 N–H and O–H groups in total. The summed E-state index contributed by atoms with van der Waals surface area (Å²) in [6.07, 6.45) is -1.13. The van der Waals surface area contributed by atoms with Crippen LogP contribution in [0, 0.1) is 5.82 Å². The minimum absolute atomic E-state index is 0.0130. The summed E-state index contributed by atoms with van der Waals surface area (Å²) < 4.78 is 18.7. The number of carbonyl (C=O) groups excluding carboxylic acids is 2. The molecule has 0 saturated carbocycles. The molecule has 1 heterocycles. The Morgan fingerprint density at radius 3 is 2.56 bits per heavy atom. The molecule has 1 aromatic heterocycles. The first-order valence-electron chi connectivity index (χ1n) is 7.50. The number of aromatic nitrogens is 1. The molecular weight excluding hydrogens is 347 g/mol. The number of para-hydroxylation sites is 2. The van der Waals surface area contributed by atoms with Crippen LogP contribution < -0.4 is 5.32 Å². The zero-order valence-electron chi connectivity index (χ0n) is 13.2. The van der Waals surface area contributed by atoms with Gasteiger partial charge in [-0.3, -0.25) is 4.79 Å². The van der Waals surface area contributed by atoms with Gasteiger partial charge in [0.2, 0.25) is 0 Å². The highest BCUT2D eigenvalue weighted by atomic mass is 35.5. The van der Waals surface area contributed by atoms with Crippen molar-refractivity contribution >= 4 is 40.1 Å². The van der Waals surface area contributed by atoms with E-state index in [-0.39, 0.29) is 16.4 Å². The summed E-state index contributed by atoms with van der Waals surface area (Å²) in [5.74, 6) is -1.99. The number of ether oxygens (including phenoxy) is 1.